The van der Waals surface area contributed by atoms with Gasteiger partial charge in [-0.15, -0.1) is 0 Å². The van der Waals surface area contributed by atoms with Crippen LogP contribution in [0.4, 0.5) is 0 Å². The molecule has 2 aliphatic rings. The van der Waals surface area contributed by atoms with Crippen molar-refractivity contribution < 1.29 is 14.3 Å². The second-order valence-corrected chi connectivity index (χ2v) is 5.57. The summed E-state index contributed by atoms with van der Waals surface area (Å²) in [6.07, 6.45) is 7.57. The molecule has 1 aliphatic carbocycles. The topological polar surface area (TPSA) is 35.5 Å². The fourth-order valence-corrected chi connectivity index (χ4v) is 3.07. The molecule has 106 valence electrons. The van der Waals surface area contributed by atoms with Crippen molar-refractivity contribution in [3.8, 4) is 0 Å². The second-order valence-electron chi connectivity index (χ2n) is 5.57. The molecule has 1 unspecified atom stereocenters. The number of benzene rings is 1. The molecule has 3 heteroatoms. The van der Waals surface area contributed by atoms with Crippen LogP contribution in [0.3, 0.4) is 0 Å². The van der Waals surface area contributed by atoms with Crippen LogP contribution in [0.25, 0.3) is 0 Å². The number of esters is 1. The van der Waals surface area contributed by atoms with E-state index in [1.165, 1.54) is 42.0 Å². The van der Waals surface area contributed by atoms with Crippen molar-refractivity contribution in [3.63, 3.8) is 0 Å². The Morgan fingerprint density at radius 3 is 3.00 bits per heavy atom. The van der Waals surface area contributed by atoms with Crippen LogP contribution in [0.2, 0.25) is 0 Å². The van der Waals surface area contributed by atoms with E-state index in [4.69, 9.17) is 9.47 Å². The zero-order valence-corrected chi connectivity index (χ0v) is 11.9. The monoisotopic (exact) mass is 272 g/mol. The first-order chi connectivity index (χ1) is 9.74. The third-order valence-corrected chi connectivity index (χ3v) is 4.17. The van der Waals surface area contributed by atoms with Crippen molar-refractivity contribution in [1.29, 1.82) is 0 Å². The van der Waals surface area contributed by atoms with Crippen molar-refractivity contribution >= 4 is 5.97 Å². The van der Waals surface area contributed by atoms with Gasteiger partial charge in [-0.05, 0) is 48.8 Å². The molecule has 1 aromatic rings. The van der Waals surface area contributed by atoms with E-state index in [2.05, 4.69) is 18.2 Å². The molecule has 0 fully saturated rings. The van der Waals surface area contributed by atoms with Gasteiger partial charge in [0, 0.05) is 6.42 Å². The summed E-state index contributed by atoms with van der Waals surface area (Å²) < 4.78 is 10.5. The summed E-state index contributed by atoms with van der Waals surface area (Å²) in [5.74, 6) is 0.437. The molecule has 1 atom stereocenters. The second kappa shape index (κ2) is 5.70. The first-order valence-electron chi connectivity index (χ1n) is 7.30. The Bertz CT molecular complexity index is 545. The predicted octanol–water partition coefficient (Wildman–Crippen LogP) is 2.95. The number of cyclic esters (lactones) is 1. The fraction of sp³-hybridized carbons (Fsp3) is 0.471. The molecule has 0 aromatic heterocycles. The predicted molar refractivity (Wildman–Crippen MR) is 76.4 cm³/mol. The van der Waals surface area contributed by atoms with Gasteiger partial charge in [-0.25, -0.2) is 4.79 Å². The van der Waals surface area contributed by atoms with Crippen LogP contribution in [-0.4, -0.2) is 19.2 Å². The largest absolute Gasteiger partial charge is 0.501 e. The summed E-state index contributed by atoms with van der Waals surface area (Å²) in [5, 5.41) is 0. The maximum absolute atomic E-state index is 11.4. The third kappa shape index (κ3) is 2.87. The van der Waals surface area contributed by atoms with Gasteiger partial charge in [-0.3, -0.25) is 0 Å². The van der Waals surface area contributed by atoms with E-state index in [0.717, 1.165) is 18.6 Å². The molecule has 0 bridgehead atoms. The summed E-state index contributed by atoms with van der Waals surface area (Å²) in [7, 11) is 1.60. The molecule has 0 saturated heterocycles. The van der Waals surface area contributed by atoms with Crippen molar-refractivity contribution in [2.24, 2.45) is 0 Å². The highest BCUT2D eigenvalue weighted by atomic mass is 16.5. The number of ether oxygens (including phenoxy) is 2. The molecule has 3 rings (SSSR count). The van der Waals surface area contributed by atoms with Crippen molar-refractivity contribution in [3.05, 3.63) is 46.7 Å². The molecule has 1 aliphatic heterocycles. The summed E-state index contributed by atoms with van der Waals surface area (Å²) in [6.45, 7) is 0. The average molecular weight is 272 g/mol. The van der Waals surface area contributed by atoms with Gasteiger partial charge in [0.25, 0.3) is 0 Å². The Morgan fingerprint density at radius 1 is 1.30 bits per heavy atom. The number of rotatable bonds is 4. The Morgan fingerprint density at radius 2 is 2.15 bits per heavy atom. The Balaban J connectivity index is 1.60. The number of carbonyl (C=O) groups excluding carboxylic acids is 1. The highest BCUT2D eigenvalue weighted by Crippen LogP contribution is 2.25. The van der Waals surface area contributed by atoms with E-state index in [1.54, 1.807) is 7.11 Å². The maximum atomic E-state index is 11.4. The number of hydrogen-bond acceptors (Lipinski definition) is 3. The van der Waals surface area contributed by atoms with Gasteiger partial charge in [0.1, 0.15) is 11.9 Å². The van der Waals surface area contributed by atoms with E-state index >= 15 is 0 Å². The average Bonchev–Trinajstić information content (AvgIpc) is 2.92. The molecule has 1 aromatic carbocycles. The number of carbonyl (C=O) groups is 1. The molecule has 3 nitrogen and oxygen atoms in total. The normalized spacial score (nSPS) is 21.1. The molecule has 0 N–H and O–H groups in total. The SMILES string of the molecule is COC1=CC(=O)OC(CCc2ccc3c(c2)CCC3)C1. The van der Waals surface area contributed by atoms with Crippen LogP contribution in [0, 0.1) is 0 Å². The van der Waals surface area contributed by atoms with E-state index in [0.29, 0.717) is 6.42 Å². The molecule has 0 saturated carbocycles. The van der Waals surface area contributed by atoms with E-state index in [9.17, 15) is 4.79 Å². The number of fused-ring (bicyclic) bond motifs is 1. The fourth-order valence-electron chi connectivity index (χ4n) is 3.07. The van der Waals surface area contributed by atoms with E-state index < -0.39 is 0 Å². The van der Waals surface area contributed by atoms with Crippen LogP contribution in [0.1, 0.15) is 36.0 Å². The maximum Gasteiger partial charge on any atom is 0.334 e. The Labute approximate surface area is 119 Å². The van der Waals surface area contributed by atoms with Gasteiger partial charge in [0.15, 0.2) is 0 Å². The lowest BCUT2D eigenvalue weighted by Gasteiger charge is -2.22. The summed E-state index contributed by atoms with van der Waals surface area (Å²) in [4.78, 5) is 11.4. The molecule has 0 spiro atoms. The van der Waals surface area contributed by atoms with Crippen LogP contribution < -0.4 is 0 Å². The smallest absolute Gasteiger partial charge is 0.334 e. The van der Waals surface area contributed by atoms with Crippen LogP contribution in [-0.2, 0) is 33.5 Å². The highest BCUT2D eigenvalue weighted by molar-refractivity contribution is 5.83. The van der Waals surface area contributed by atoms with Crippen molar-refractivity contribution in [2.45, 2.75) is 44.6 Å². The summed E-state index contributed by atoms with van der Waals surface area (Å²) in [6, 6.07) is 6.78. The van der Waals surface area contributed by atoms with Gasteiger partial charge >= 0.3 is 5.97 Å². The minimum atomic E-state index is -0.285. The van der Waals surface area contributed by atoms with Gasteiger partial charge in [0.2, 0.25) is 0 Å². The highest BCUT2D eigenvalue weighted by Gasteiger charge is 2.22. The van der Waals surface area contributed by atoms with Crippen molar-refractivity contribution in [1.82, 2.24) is 0 Å². The molecule has 1 heterocycles. The molecule has 0 radical (unpaired) electrons. The van der Waals surface area contributed by atoms with E-state index in [-0.39, 0.29) is 12.1 Å². The van der Waals surface area contributed by atoms with Gasteiger partial charge < -0.3 is 9.47 Å². The lowest BCUT2D eigenvalue weighted by molar-refractivity contribution is -0.145. The number of methoxy groups -OCH3 is 1. The minimum absolute atomic E-state index is 0.0595. The van der Waals surface area contributed by atoms with Gasteiger partial charge in [-0.1, -0.05) is 18.2 Å². The summed E-state index contributed by atoms with van der Waals surface area (Å²) >= 11 is 0. The lowest BCUT2D eigenvalue weighted by Crippen LogP contribution is -2.23. The van der Waals surface area contributed by atoms with Crippen LogP contribution in [0.5, 0.6) is 0 Å². The number of hydrogen-bond donors (Lipinski definition) is 0. The molecular formula is C17H20O3. The first-order valence-corrected chi connectivity index (χ1v) is 7.30. The zero-order valence-electron chi connectivity index (χ0n) is 11.9. The summed E-state index contributed by atoms with van der Waals surface area (Å²) in [5.41, 5.74) is 4.35. The quantitative estimate of drug-likeness (QED) is 0.791. The van der Waals surface area contributed by atoms with Crippen LogP contribution >= 0.6 is 0 Å². The standard InChI is InChI=1S/C17H20O3/c1-19-16-10-15(20-17(18)11-16)8-6-12-5-7-13-3-2-4-14(13)9-12/h5,7,9,11,15H,2-4,6,8,10H2,1H3. The van der Waals surface area contributed by atoms with Gasteiger partial charge in [0.05, 0.1) is 13.2 Å². The Hall–Kier alpha value is -1.77. The molecule has 0 amide bonds. The zero-order chi connectivity index (χ0) is 13.9. The number of aryl methyl sites for hydroxylation is 3. The van der Waals surface area contributed by atoms with Crippen molar-refractivity contribution in [2.75, 3.05) is 7.11 Å². The van der Waals surface area contributed by atoms with E-state index in [1.807, 2.05) is 0 Å². The molecular weight excluding hydrogens is 252 g/mol. The third-order valence-electron chi connectivity index (χ3n) is 4.17. The molecule has 20 heavy (non-hydrogen) atoms. The lowest BCUT2D eigenvalue weighted by atomic mass is 9.99. The Kier molecular flexibility index (Phi) is 3.77. The first kappa shape index (κ1) is 13.2. The van der Waals surface area contributed by atoms with Crippen LogP contribution in [0.15, 0.2) is 30.0 Å². The van der Waals surface area contributed by atoms with Gasteiger partial charge in [-0.2, -0.15) is 0 Å². The minimum Gasteiger partial charge on any atom is -0.501 e.